The lowest BCUT2D eigenvalue weighted by Gasteiger charge is -2.12. The Hall–Kier alpha value is -2.57. The molecule has 3 aromatic rings. The lowest BCUT2D eigenvalue weighted by Crippen LogP contribution is -2.00. The van der Waals surface area contributed by atoms with Gasteiger partial charge in [0.05, 0.1) is 7.11 Å². The normalized spacial score (nSPS) is 10.9. The molecule has 0 aliphatic rings. The molecule has 1 N–H and O–H groups in total. The molecule has 0 aliphatic heterocycles. The molecule has 0 fully saturated rings. The molecule has 1 heterocycles. The third kappa shape index (κ3) is 5.21. The molecule has 4 nitrogen and oxygen atoms in total. The molecule has 0 atom stereocenters. The lowest BCUT2D eigenvalue weighted by atomic mass is 10.1. The zero-order chi connectivity index (χ0) is 19.2. The van der Waals surface area contributed by atoms with Gasteiger partial charge in [-0.1, -0.05) is 24.1 Å². The molecule has 0 bridgehead atoms. The van der Waals surface area contributed by atoms with Crippen molar-refractivity contribution in [2.45, 2.75) is 5.75 Å². The molecule has 140 valence electrons. The Labute approximate surface area is 163 Å². The molecule has 0 unspecified atom stereocenters. The van der Waals surface area contributed by atoms with Crippen molar-refractivity contribution in [1.82, 2.24) is 9.29 Å². The Kier molecular flexibility index (Phi) is 6.32. The van der Waals surface area contributed by atoms with E-state index in [1.165, 1.54) is 24.8 Å². The van der Waals surface area contributed by atoms with Gasteiger partial charge in [-0.25, -0.2) is 9.37 Å². The summed E-state index contributed by atoms with van der Waals surface area (Å²) in [6, 6.07) is 16.6. The number of nitrogens with one attached hydrogen (secondary N) is 1. The summed E-state index contributed by atoms with van der Waals surface area (Å²) >= 11 is 1.75. The van der Waals surface area contributed by atoms with Crippen molar-refractivity contribution < 1.29 is 9.13 Å². The molecule has 0 spiro atoms. The van der Waals surface area contributed by atoms with Gasteiger partial charge >= 0.3 is 0 Å². The fourth-order valence-corrected chi connectivity index (χ4v) is 3.25. The van der Waals surface area contributed by atoms with Crippen molar-refractivity contribution in [2.24, 2.45) is 0 Å². The number of nitrogens with zero attached hydrogens (tertiary/aromatic N) is 2. The van der Waals surface area contributed by atoms with Crippen LogP contribution in [0.4, 0.5) is 15.9 Å². The first kappa shape index (κ1) is 19.2. The van der Waals surface area contributed by atoms with E-state index in [2.05, 4.69) is 26.7 Å². The minimum atomic E-state index is -0.324. The first-order valence-electron chi connectivity index (χ1n) is 8.51. The number of ether oxygens (including phenoxy) is 1. The number of anilines is 2. The van der Waals surface area contributed by atoms with Gasteiger partial charge in [0.15, 0.2) is 0 Å². The highest BCUT2D eigenvalue weighted by atomic mass is 32.2. The van der Waals surface area contributed by atoms with Crippen molar-refractivity contribution in [3.8, 4) is 16.9 Å². The predicted octanol–water partition coefficient (Wildman–Crippen LogP) is 5.35. The Bertz CT molecular complexity index is 917. The van der Waals surface area contributed by atoms with Gasteiger partial charge in [-0.05, 0) is 61.6 Å². The molecule has 6 heteroatoms. The maximum atomic E-state index is 13.5. The maximum Gasteiger partial charge on any atom is 0.130 e. The van der Waals surface area contributed by atoms with E-state index in [9.17, 15) is 4.39 Å². The zero-order valence-electron chi connectivity index (χ0n) is 15.6. The molecular formula is C21H22FN3OS. The molecule has 2 aromatic carbocycles. The van der Waals surface area contributed by atoms with Crippen LogP contribution in [0.15, 0.2) is 60.8 Å². The number of hydrogen-bond donors (Lipinski definition) is 1. The van der Waals surface area contributed by atoms with Crippen LogP contribution >= 0.6 is 11.9 Å². The van der Waals surface area contributed by atoms with E-state index in [-0.39, 0.29) is 5.82 Å². The van der Waals surface area contributed by atoms with Crippen LogP contribution in [0.5, 0.6) is 5.75 Å². The summed E-state index contributed by atoms with van der Waals surface area (Å²) in [6.45, 7) is 0. The van der Waals surface area contributed by atoms with Crippen LogP contribution in [0.25, 0.3) is 11.1 Å². The summed E-state index contributed by atoms with van der Waals surface area (Å²) in [7, 11) is 5.60. The highest BCUT2D eigenvalue weighted by Crippen LogP contribution is 2.32. The van der Waals surface area contributed by atoms with E-state index in [1.807, 2.05) is 38.4 Å². The number of pyridine rings is 1. The molecule has 0 saturated carbocycles. The quantitative estimate of drug-likeness (QED) is 0.557. The van der Waals surface area contributed by atoms with E-state index in [1.54, 1.807) is 24.2 Å². The second kappa shape index (κ2) is 8.88. The van der Waals surface area contributed by atoms with Gasteiger partial charge in [-0.15, -0.1) is 0 Å². The van der Waals surface area contributed by atoms with Gasteiger partial charge < -0.3 is 10.1 Å². The summed E-state index contributed by atoms with van der Waals surface area (Å²) < 4.78 is 20.9. The van der Waals surface area contributed by atoms with Gasteiger partial charge in [0.2, 0.25) is 0 Å². The van der Waals surface area contributed by atoms with Gasteiger partial charge in [0, 0.05) is 29.3 Å². The first-order valence-corrected chi connectivity index (χ1v) is 9.45. The van der Waals surface area contributed by atoms with Crippen LogP contribution in [-0.2, 0) is 5.75 Å². The van der Waals surface area contributed by atoms with Crippen LogP contribution in [0.1, 0.15) is 5.56 Å². The number of halogens is 1. The van der Waals surface area contributed by atoms with E-state index in [4.69, 9.17) is 4.74 Å². The summed E-state index contributed by atoms with van der Waals surface area (Å²) in [5.41, 5.74) is 3.93. The lowest BCUT2D eigenvalue weighted by molar-refractivity contribution is 0.413. The topological polar surface area (TPSA) is 37.4 Å². The average Bonchev–Trinajstić information content (AvgIpc) is 2.67. The smallest absolute Gasteiger partial charge is 0.130 e. The summed E-state index contributed by atoms with van der Waals surface area (Å²) in [6.07, 6.45) is 1.73. The van der Waals surface area contributed by atoms with E-state index >= 15 is 0 Å². The van der Waals surface area contributed by atoms with Crippen molar-refractivity contribution in [3.05, 3.63) is 72.2 Å². The minimum Gasteiger partial charge on any atom is -0.496 e. The Morgan fingerprint density at radius 1 is 1.11 bits per heavy atom. The highest BCUT2D eigenvalue weighted by molar-refractivity contribution is 7.96. The number of hydrogen-bond acceptors (Lipinski definition) is 5. The monoisotopic (exact) mass is 383 g/mol. The molecule has 1 aromatic heterocycles. The van der Waals surface area contributed by atoms with Crippen LogP contribution in [0.2, 0.25) is 0 Å². The van der Waals surface area contributed by atoms with E-state index < -0.39 is 0 Å². The van der Waals surface area contributed by atoms with Crippen molar-refractivity contribution in [1.29, 1.82) is 0 Å². The summed E-state index contributed by atoms with van der Waals surface area (Å²) in [4.78, 5) is 4.40. The minimum absolute atomic E-state index is 0.324. The van der Waals surface area contributed by atoms with Gasteiger partial charge in [0.25, 0.3) is 0 Å². The van der Waals surface area contributed by atoms with Crippen LogP contribution < -0.4 is 10.1 Å². The largest absolute Gasteiger partial charge is 0.496 e. The fourth-order valence-electron chi connectivity index (χ4n) is 2.66. The molecule has 27 heavy (non-hydrogen) atoms. The molecule has 0 aliphatic carbocycles. The van der Waals surface area contributed by atoms with E-state index in [0.717, 1.165) is 28.4 Å². The summed E-state index contributed by atoms with van der Waals surface area (Å²) in [5.74, 6) is 1.80. The number of benzene rings is 2. The number of methoxy groups -OCH3 is 1. The third-order valence-corrected chi connectivity index (χ3v) is 4.90. The number of rotatable bonds is 7. The van der Waals surface area contributed by atoms with E-state index in [0.29, 0.717) is 5.75 Å². The SMILES string of the molecule is COc1cc(F)ccc1-c1ccnc(Nc2cccc(CSN(C)C)c2)c1. The average molecular weight is 383 g/mol. The fraction of sp³-hybridized carbons (Fsp3) is 0.190. The second-order valence-corrected chi connectivity index (χ2v) is 7.46. The van der Waals surface area contributed by atoms with Crippen LogP contribution in [0.3, 0.4) is 0 Å². The molecule has 0 amide bonds. The van der Waals surface area contributed by atoms with Gasteiger partial charge in [0.1, 0.15) is 17.4 Å². The molecular weight excluding hydrogens is 361 g/mol. The first-order chi connectivity index (χ1) is 13.0. The van der Waals surface area contributed by atoms with Gasteiger partial charge in [-0.2, -0.15) is 0 Å². The zero-order valence-corrected chi connectivity index (χ0v) is 16.4. The van der Waals surface area contributed by atoms with Crippen molar-refractivity contribution >= 4 is 23.5 Å². The van der Waals surface area contributed by atoms with Crippen molar-refractivity contribution in [3.63, 3.8) is 0 Å². The van der Waals surface area contributed by atoms with Crippen molar-refractivity contribution in [2.75, 3.05) is 26.5 Å². The second-order valence-electron chi connectivity index (χ2n) is 6.19. The standard InChI is InChI=1S/C21H22FN3OS/c1-25(2)27-14-15-5-4-6-18(11-15)24-21-12-16(9-10-23-21)19-8-7-17(22)13-20(19)26-3/h4-13H,14H2,1-3H3,(H,23,24). The molecule has 0 saturated heterocycles. The Morgan fingerprint density at radius 2 is 1.96 bits per heavy atom. The Balaban J connectivity index is 1.82. The maximum absolute atomic E-state index is 13.5. The summed E-state index contributed by atoms with van der Waals surface area (Å²) in [5, 5.41) is 3.34. The highest BCUT2D eigenvalue weighted by Gasteiger charge is 2.09. The predicted molar refractivity (Wildman–Crippen MR) is 111 cm³/mol. The van der Waals surface area contributed by atoms with Crippen LogP contribution in [0, 0.1) is 5.82 Å². The molecule has 3 rings (SSSR count). The molecule has 0 radical (unpaired) electrons. The number of aromatic nitrogens is 1. The van der Waals surface area contributed by atoms with Crippen LogP contribution in [-0.4, -0.2) is 30.5 Å². The Morgan fingerprint density at radius 3 is 2.74 bits per heavy atom. The van der Waals surface area contributed by atoms with Gasteiger partial charge in [-0.3, -0.25) is 4.31 Å². The third-order valence-electron chi connectivity index (χ3n) is 3.92.